The van der Waals surface area contributed by atoms with Crippen LogP contribution in [0.2, 0.25) is 0 Å². The molecule has 0 amide bonds. The molecule has 6 atom stereocenters. The second-order valence-corrected chi connectivity index (χ2v) is 6.89. The molecule has 0 saturated heterocycles. The van der Waals surface area contributed by atoms with E-state index in [9.17, 15) is 0 Å². The molecule has 3 fully saturated rings. The normalized spacial score (nSPS) is 69.1. The third-order valence-electron chi connectivity index (χ3n) is 6.97. The maximum atomic E-state index is 4.67. The Hall–Kier alpha value is -0.400. The smallest absolute Gasteiger partial charge is 0.0850 e. The Morgan fingerprint density at radius 3 is 2.33 bits per heavy atom. The molecule has 5 aliphatic rings. The van der Waals surface area contributed by atoms with Gasteiger partial charge in [-0.15, -0.1) is 0 Å². The van der Waals surface area contributed by atoms with Gasteiger partial charge in [0.05, 0.1) is 11.6 Å². The molecule has 5 rings (SSSR count). The second-order valence-electron chi connectivity index (χ2n) is 6.89. The van der Waals surface area contributed by atoms with Crippen LogP contribution in [0, 0.1) is 22.7 Å². The number of hydrogen-bond acceptors (Lipinski definition) is 2. The van der Waals surface area contributed by atoms with E-state index >= 15 is 0 Å². The van der Waals surface area contributed by atoms with Crippen LogP contribution in [0.3, 0.4) is 0 Å². The molecule has 0 aromatic rings. The first-order valence-electron chi connectivity index (χ1n) is 6.45. The van der Waals surface area contributed by atoms with Crippen molar-refractivity contribution < 1.29 is 0 Å². The standard InChI is InChI=1S/C13H20N2/c1-11-6-4-8(11)10-9-5-7-12(2,15-14-9)13(10,11)3/h8-10H,4-7H2,1-3H3/t8-,9+,10+,11-,12-,13-/m0/s1. The minimum absolute atomic E-state index is 0.165. The van der Waals surface area contributed by atoms with E-state index in [1.807, 2.05) is 0 Å². The van der Waals surface area contributed by atoms with Gasteiger partial charge in [0.1, 0.15) is 0 Å². The summed E-state index contributed by atoms with van der Waals surface area (Å²) in [5.41, 5.74) is 1.23. The Kier molecular flexibility index (Phi) is 1.18. The molecule has 2 bridgehead atoms. The number of azo groups is 1. The van der Waals surface area contributed by atoms with Gasteiger partial charge in [0, 0.05) is 5.41 Å². The molecule has 2 aliphatic heterocycles. The van der Waals surface area contributed by atoms with Gasteiger partial charge in [0.25, 0.3) is 0 Å². The van der Waals surface area contributed by atoms with Crippen LogP contribution in [0.4, 0.5) is 0 Å². The van der Waals surface area contributed by atoms with Gasteiger partial charge in [-0.2, -0.15) is 10.2 Å². The molecule has 0 N–H and O–H groups in total. The second kappa shape index (κ2) is 2.03. The lowest BCUT2D eigenvalue weighted by Gasteiger charge is -2.81. The van der Waals surface area contributed by atoms with Crippen molar-refractivity contribution >= 4 is 0 Å². The van der Waals surface area contributed by atoms with Gasteiger partial charge in [0.15, 0.2) is 0 Å². The molecule has 2 heteroatoms. The van der Waals surface area contributed by atoms with Crippen LogP contribution in [0.25, 0.3) is 0 Å². The highest BCUT2D eigenvalue weighted by Crippen LogP contribution is 2.81. The molecule has 82 valence electrons. The average molecular weight is 204 g/mol. The van der Waals surface area contributed by atoms with Crippen molar-refractivity contribution in [1.82, 2.24) is 0 Å². The first-order chi connectivity index (χ1) is 7.03. The van der Waals surface area contributed by atoms with Crippen LogP contribution in [-0.2, 0) is 0 Å². The monoisotopic (exact) mass is 204 g/mol. The molecule has 0 unspecified atom stereocenters. The number of fused-ring (bicyclic) bond motifs is 2. The SMILES string of the molecule is C[C@@]12[C@@H]([C@H]3CC[C@]1(C)N=N3)[C@@H]1CC[C@@]12C. The van der Waals surface area contributed by atoms with E-state index in [4.69, 9.17) is 0 Å². The summed E-state index contributed by atoms with van der Waals surface area (Å²) >= 11 is 0. The minimum Gasteiger partial charge on any atom is -0.190 e. The number of rotatable bonds is 0. The van der Waals surface area contributed by atoms with Crippen LogP contribution in [0.5, 0.6) is 0 Å². The van der Waals surface area contributed by atoms with E-state index in [-0.39, 0.29) is 5.54 Å². The van der Waals surface area contributed by atoms with E-state index in [1.165, 1.54) is 25.7 Å². The van der Waals surface area contributed by atoms with E-state index in [2.05, 4.69) is 31.0 Å². The van der Waals surface area contributed by atoms with Gasteiger partial charge >= 0.3 is 0 Å². The number of nitrogens with zero attached hydrogens (tertiary/aromatic N) is 2. The molecule has 2 nitrogen and oxygen atoms in total. The predicted octanol–water partition coefficient (Wildman–Crippen LogP) is 3.43. The highest BCUT2D eigenvalue weighted by molar-refractivity contribution is 5.30. The Morgan fingerprint density at radius 2 is 1.87 bits per heavy atom. The quantitative estimate of drug-likeness (QED) is 0.577. The summed E-state index contributed by atoms with van der Waals surface area (Å²) in [4.78, 5) is 0. The summed E-state index contributed by atoms with van der Waals surface area (Å²) in [6.45, 7) is 7.38. The lowest BCUT2D eigenvalue weighted by molar-refractivity contribution is -0.312. The van der Waals surface area contributed by atoms with Crippen molar-refractivity contribution in [3.8, 4) is 0 Å². The summed E-state index contributed by atoms with van der Waals surface area (Å²) in [6, 6.07) is 0.579. The largest absolute Gasteiger partial charge is 0.190 e. The molecule has 2 heterocycles. The van der Waals surface area contributed by atoms with E-state index < -0.39 is 0 Å². The zero-order chi connectivity index (χ0) is 10.5. The van der Waals surface area contributed by atoms with Crippen molar-refractivity contribution in [3.63, 3.8) is 0 Å². The summed E-state index contributed by atoms with van der Waals surface area (Å²) in [7, 11) is 0. The van der Waals surface area contributed by atoms with Crippen LogP contribution in [-0.4, -0.2) is 11.6 Å². The zero-order valence-corrected chi connectivity index (χ0v) is 9.95. The van der Waals surface area contributed by atoms with Crippen molar-refractivity contribution in [2.75, 3.05) is 0 Å². The van der Waals surface area contributed by atoms with Crippen molar-refractivity contribution in [3.05, 3.63) is 0 Å². The maximum Gasteiger partial charge on any atom is 0.0850 e. The molecule has 3 aliphatic carbocycles. The fourth-order valence-corrected chi connectivity index (χ4v) is 5.63. The Bertz CT molecular complexity index is 377. The fraction of sp³-hybridized carbons (Fsp3) is 1.00. The minimum atomic E-state index is 0.165. The van der Waals surface area contributed by atoms with E-state index in [0.29, 0.717) is 16.9 Å². The lowest BCUT2D eigenvalue weighted by atomic mass is 9.25. The first kappa shape index (κ1) is 8.72. The highest BCUT2D eigenvalue weighted by atomic mass is 15.2. The van der Waals surface area contributed by atoms with Crippen molar-refractivity contribution in [2.24, 2.45) is 32.9 Å². The molecule has 3 saturated carbocycles. The highest BCUT2D eigenvalue weighted by Gasteiger charge is 2.80. The van der Waals surface area contributed by atoms with E-state index in [0.717, 1.165) is 11.8 Å². The third-order valence-corrected chi connectivity index (χ3v) is 6.97. The Balaban J connectivity index is 1.91. The van der Waals surface area contributed by atoms with Gasteiger partial charge in [-0.1, -0.05) is 13.8 Å². The van der Waals surface area contributed by atoms with Crippen molar-refractivity contribution in [1.29, 1.82) is 0 Å². The molecule has 0 radical (unpaired) electrons. The van der Waals surface area contributed by atoms with E-state index in [1.54, 1.807) is 0 Å². The van der Waals surface area contributed by atoms with Gasteiger partial charge in [-0.25, -0.2) is 0 Å². The zero-order valence-electron chi connectivity index (χ0n) is 9.95. The van der Waals surface area contributed by atoms with Crippen LogP contribution in [0.1, 0.15) is 46.5 Å². The molecule has 15 heavy (non-hydrogen) atoms. The topological polar surface area (TPSA) is 24.7 Å². The lowest BCUT2D eigenvalue weighted by Crippen LogP contribution is -2.79. The first-order valence-corrected chi connectivity index (χ1v) is 6.45. The summed E-state index contributed by atoms with van der Waals surface area (Å²) in [6.07, 6.45) is 5.46. The summed E-state index contributed by atoms with van der Waals surface area (Å²) in [5.74, 6) is 1.85. The van der Waals surface area contributed by atoms with Gasteiger partial charge in [-0.05, 0) is 49.9 Å². The van der Waals surface area contributed by atoms with Gasteiger partial charge < -0.3 is 0 Å². The molecule has 0 aromatic heterocycles. The molecule has 0 aromatic carbocycles. The summed E-state index contributed by atoms with van der Waals surface area (Å²) < 4.78 is 0. The summed E-state index contributed by atoms with van der Waals surface area (Å²) in [5, 5.41) is 9.25. The Labute approximate surface area is 91.5 Å². The fourth-order valence-electron chi connectivity index (χ4n) is 5.63. The molecular weight excluding hydrogens is 184 g/mol. The number of hydrogen-bond donors (Lipinski definition) is 0. The predicted molar refractivity (Wildman–Crippen MR) is 58.7 cm³/mol. The maximum absolute atomic E-state index is 4.67. The van der Waals surface area contributed by atoms with Crippen molar-refractivity contribution in [2.45, 2.75) is 58.0 Å². The van der Waals surface area contributed by atoms with Crippen LogP contribution < -0.4 is 0 Å². The molecule has 0 spiro atoms. The third kappa shape index (κ3) is 0.592. The van der Waals surface area contributed by atoms with Crippen LogP contribution >= 0.6 is 0 Å². The van der Waals surface area contributed by atoms with Gasteiger partial charge in [0.2, 0.25) is 0 Å². The molecular formula is C13H20N2. The van der Waals surface area contributed by atoms with Gasteiger partial charge in [-0.3, -0.25) is 0 Å². The van der Waals surface area contributed by atoms with Crippen LogP contribution in [0.15, 0.2) is 10.2 Å². The Morgan fingerprint density at radius 1 is 1.07 bits per heavy atom. The average Bonchev–Trinajstić information content (AvgIpc) is 2.22.